The van der Waals surface area contributed by atoms with Gasteiger partial charge >= 0.3 is 0 Å². The zero-order chi connectivity index (χ0) is 11.4. The van der Waals surface area contributed by atoms with Crippen molar-refractivity contribution >= 4 is 23.3 Å². The van der Waals surface area contributed by atoms with Gasteiger partial charge in [-0.25, -0.2) is 4.98 Å². The first-order valence-electron chi connectivity index (χ1n) is 5.41. The molecule has 5 heteroatoms. The molecule has 0 radical (unpaired) electrons. The molecule has 1 amide bonds. The molecule has 0 unspecified atom stereocenters. The number of pyridine rings is 1. The number of hydrogen-bond donors (Lipinski definition) is 2. The summed E-state index contributed by atoms with van der Waals surface area (Å²) >= 11 is 5.71. The lowest BCUT2D eigenvalue weighted by molar-refractivity contribution is -0.118. The second kappa shape index (κ2) is 5.27. The summed E-state index contributed by atoms with van der Waals surface area (Å²) in [5.74, 6) is 0.524. The predicted molar refractivity (Wildman–Crippen MR) is 63.5 cm³/mol. The number of piperidine rings is 1. The van der Waals surface area contributed by atoms with E-state index in [1.807, 2.05) is 0 Å². The molecule has 1 aromatic heterocycles. The van der Waals surface area contributed by atoms with Crippen molar-refractivity contribution in [1.82, 2.24) is 10.3 Å². The Morgan fingerprint density at radius 2 is 2.38 bits per heavy atom. The van der Waals surface area contributed by atoms with E-state index in [0.29, 0.717) is 10.8 Å². The molecule has 2 N–H and O–H groups in total. The van der Waals surface area contributed by atoms with Crippen molar-refractivity contribution in [2.24, 2.45) is 0 Å². The van der Waals surface area contributed by atoms with E-state index in [-0.39, 0.29) is 11.9 Å². The molecule has 1 aliphatic rings. The van der Waals surface area contributed by atoms with Gasteiger partial charge in [0.25, 0.3) is 0 Å². The van der Waals surface area contributed by atoms with Crippen molar-refractivity contribution in [3.8, 4) is 0 Å². The number of hydrogen-bond acceptors (Lipinski definition) is 3. The van der Waals surface area contributed by atoms with Crippen molar-refractivity contribution in [2.45, 2.75) is 25.3 Å². The SMILES string of the molecule is O=C(Nc1ccc(Cl)cn1)[C@@H]1CCCCN1. The summed E-state index contributed by atoms with van der Waals surface area (Å²) in [6.07, 6.45) is 4.65. The average Bonchev–Trinajstić information content (AvgIpc) is 2.33. The van der Waals surface area contributed by atoms with Gasteiger partial charge in [-0.15, -0.1) is 0 Å². The van der Waals surface area contributed by atoms with E-state index in [1.165, 1.54) is 6.20 Å². The van der Waals surface area contributed by atoms with Gasteiger partial charge in [0.05, 0.1) is 11.1 Å². The quantitative estimate of drug-likeness (QED) is 0.828. The molecule has 0 aliphatic carbocycles. The van der Waals surface area contributed by atoms with Crippen LogP contribution in [-0.2, 0) is 4.79 Å². The number of anilines is 1. The van der Waals surface area contributed by atoms with Crippen LogP contribution >= 0.6 is 11.6 Å². The summed E-state index contributed by atoms with van der Waals surface area (Å²) in [6.45, 7) is 0.909. The van der Waals surface area contributed by atoms with E-state index in [4.69, 9.17) is 11.6 Å². The van der Waals surface area contributed by atoms with Crippen LogP contribution in [0.25, 0.3) is 0 Å². The topological polar surface area (TPSA) is 54.0 Å². The molecule has 1 fully saturated rings. The smallest absolute Gasteiger partial charge is 0.242 e. The van der Waals surface area contributed by atoms with Gasteiger partial charge in [-0.3, -0.25) is 4.79 Å². The highest BCUT2D eigenvalue weighted by atomic mass is 35.5. The van der Waals surface area contributed by atoms with Crippen molar-refractivity contribution < 1.29 is 4.79 Å². The van der Waals surface area contributed by atoms with E-state index >= 15 is 0 Å². The summed E-state index contributed by atoms with van der Waals surface area (Å²) < 4.78 is 0. The Kier molecular flexibility index (Phi) is 3.74. The van der Waals surface area contributed by atoms with Crippen LogP contribution in [-0.4, -0.2) is 23.5 Å². The molecule has 2 heterocycles. The average molecular weight is 240 g/mol. The zero-order valence-corrected chi connectivity index (χ0v) is 9.63. The number of rotatable bonds is 2. The Hall–Kier alpha value is -1.13. The maximum absolute atomic E-state index is 11.8. The van der Waals surface area contributed by atoms with Crippen LogP contribution in [0.3, 0.4) is 0 Å². The van der Waals surface area contributed by atoms with Crippen LogP contribution in [0, 0.1) is 0 Å². The number of halogens is 1. The molecule has 1 aliphatic heterocycles. The number of nitrogens with zero attached hydrogens (tertiary/aromatic N) is 1. The highest BCUT2D eigenvalue weighted by Crippen LogP contribution is 2.12. The van der Waals surface area contributed by atoms with Crippen LogP contribution in [0.1, 0.15) is 19.3 Å². The van der Waals surface area contributed by atoms with E-state index in [1.54, 1.807) is 12.1 Å². The number of nitrogens with one attached hydrogen (secondary N) is 2. The van der Waals surface area contributed by atoms with Crippen LogP contribution < -0.4 is 10.6 Å². The maximum atomic E-state index is 11.8. The molecular weight excluding hydrogens is 226 g/mol. The standard InChI is InChI=1S/C11H14ClN3O/c12-8-4-5-10(14-7-8)15-11(16)9-3-1-2-6-13-9/h4-5,7,9,13H,1-3,6H2,(H,14,15,16)/t9-/m0/s1. The Balaban J connectivity index is 1.93. The largest absolute Gasteiger partial charge is 0.309 e. The molecule has 0 spiro atoms. The molecular formula is C11H14ClN3O. The second-order valence-electron chi connectivity index (χ2n) is 3.85. The number of carbonyl (C=O) groups excluding carboxylic acids is 1. The third kappa shape index (κ3) is 2.93. The lowest BCUT2D eigenvalue weighted by atomic mass is 10.0. The molecule has 1 aromatic rings. The van der Waals surface area contributed by atoms with Gasteiger partial charge in [0.1, 0.15) is 5.82 Å². The van der Waals surface area contributed by atoms with Gasteiger partial charge in [0.15, 0.2) is 0 Å². The minimum absolute atomic E-state index is 0.0190. The zero-order valence-electron chi connectivity index (χ0n) is 8.87. The highest BCUT2D eigenvalue weighted by molar-refractivity contribution is 6.30. The van der Waals surface area contributed by atoms with Crippen molar-refractivity contribution in [3.63, 3.8) is 0 Å². The van der Waals surface area contributed by atoms with E-state index in [9.17, 15) is 4.79 Å². The Morgan fingerprint density at radius 3 is 3.00 bits per heavy atom. The Labute approximate surface area is 99.4 Å². The third-order valence-corrected chi connectivity index (χ3v) is 2.83. The van der Waals surface area contributed by atoms with Gasteiger partial charge in [0, 0.05) is 6.20 Å². The van der Waals surface area contributed by atoms with Crippen LogP contribution in [0.4, 0.5) is 5.82 Å². The fourth-order valence-electron chi connectivity index (χ4n) is 1.74. The number of aromatic nitrogens is 1. The monoisotopic (exact) mass is 239 g/mol. The van der Waals surface area contributed by atoms with Gasteiger partial charge in [-0.2, -0.15) is 0 Å². The van der Waals surface area contributed by atoms with E-state index in [2.05, 4.69) is 15.6 Å². The second-order valence-corrected chi connectivity index (χ2v) is 4.29. The fraction of sp³-hybridized carbons (Fsp3) is 0.455. The van der Waals surface area contributed by atoms with Crippen LogP contribution in [0.5, 0.6) is 0 Å². The van der Waals surface area contributed by atoms with Gasteiger partial charge in [-0.05, 0) is 31.5 Å². The number of carbonyl (C=O) groups is 1. The molecule has 4 nitrogen and oxygen atoms in total. The Morgan fingerprint density at radius 1 is 1.50 bits per heavy atom. The first-order valence-corrected chi connectivity index (χ1v) is 5.79. The number of amides is 1. The summed E-state index contributed by atoms with van der Waals surface area (Å²) in [4.78, 5) is 15.8. The lowest BCUT2D eigenvalue weighted by Gasteiger charge is -2.22. The van der Waals surface area contributed by atoms with E-state index in [0.717, 1.165) is 25.8 Å². The van der Waals surface area contributed by atoms with Crippen LogP contribution in [0.15, 0.2) is 18.3 Å². The maximum Gasteiger partial charge on any atom is 0.242 e. The molecule has 0 bridgehead atoms. The minimum atomic E-state index is -0.0915. The predicted octanol–water partition coefficient (Wildman–Crippen LogP) is 1.82. The first-order chi connectivity index (χ1) is 7.75. The summed E-state index contributed by atoms with van der Waals surface area (Å²) in [7, 11) is 0. The molecule has 16 heavy (non-hydrogen) atoms. The van der Waals surface area contributed by atoms with E-state index < -0.39 is 0 Å². The minimum Gasteiger partial charge on any atom is -0.309 e. The molecule has 0 saturated carbocycles. The molecule has 1 saturated heterocycles. The fourth-order valence-corrected chi connectivity index (χ4v) is 1.85. The molecule has 2 rings (SSSR count). The van der Waals surface area contributed by atoms with Gasteiger partial charge < -0.3 is 10.6 Å². The summed E-state index contributed by atoms with van der Waals surface area (Å²) in [5, 5.41) is 6.52. The summed E-state index contributed by atoms with van der Waals surface area (Å²) in [6, 6.07) is 3.31. The first kappa shape index (κ1) is 11.4. The van der Waals surface area contributed by atoms with Crippen molar-refractivity contribution in [1.29, 1.82) is 0 Å². The molecule has 1 atom stereocenters. The van der Waals surface area contributed by atoms with Crippen molar-refractivity contribution in [2.75, 3.05) is 11.9 Å². The molecule has 0 aromatic carbocycles. The summed E-state index contributed by atoms with van der Waals surface area (Å²) in [5.41, 5.74) is 0. The van der Waals surface area contributed by atoms with Crippen molar-refractivity contribution in [3.05, 3.63) is 23.4 Å². The van der Waals surface area contributed by atoms with Gasteiger partial charge in [-0.1, -0.05) is 18.0 Å². The Bertz CT molecular complexity index is 360. The third-order valence-electron chi connectivity index (χ3n) is 2.61. The lowest BCUT2D eigenvalue weighted by Crippen LogP contribution is -2.43. The van der Waals surface area contributed by atoms with Gasteiger partial charge in [0.2, 0.25) is 5.91 Å². The highest BCUT2D eigenvalue weighted by Gasteiger charge is 2.20. The van der Waals surface area contributed by atoms with Crippen LogP contribution in [0.2, 0.25) is 5.02 Å². The normalized spacial score (nSPS) is 20.4. The molecule has 86 valence electrons.